The molecule has 0 aromatic carbocycles. The number of ether oxygens (including phenoxy) is 1. The molecule has 25 nitrogen and oxygen atoms in total. The summed E-state index contributed by atoms with van der Waals surface area (Å²) in [5, 5.41) is 26.6. The lowest BCUT2D eigenvalue weighted by molar-refractivity contribution is -0.137. The van der Waals surface area contributed by atoms with Gasteiger partial charge in [-0.25, -0.2) is 28.6 Å². The van der Waals surface area contributed by atoms with Gasteiger partial charge in [-0.15, -0.1) is 0 Å². The van der Waals surface area contributed by atoms with Gasteiger partial charge >= 0.3 is 23.5 Å². The van der Waals surface area contributed by atoms with Crippen molar-refractivity contribution >= 4 is 69.1 Å². The number of phosphoric ester groups is 3. The number of anilines is 1. The van der Waals surface area contributed by atoms with Gasteiger partial charge in [0.05, 0.1) is 19.5 Å². The first-order valence-corrected chi connectivity index (χ1v) is 27.4. The first kappa shape index (κ1) is 61.1. The number of rotatable bonds is 33. The zero-order valence-corrected chi connectivity index (χ0v) is 42.1. The topological polar surface area (TPSA) is 399 Å². The standard InChI is InChI=1S/C39H66N7O17P3S.H3N/c1-4-5-6-7-8-9-10-11-12-13-14-15-16-17-18-19-30(48)67-23-22-41-29(47)20-21-42-37(51)34(50)39(2,3)25-60-66(57,58)63-65(55,56)59-24-28-33(62-64(52,53)54)32(49)38(61-28)46-27-45-31-35(40)43-26-44-36(31)46;/h8-9,11-12,26-28,32-34,38,49-50H,4-7,10,13-25H2,1-3H3,(H,41,47)(H,42,51)(H,55,56)(H,57,58)(H2,40,43,44)(H2,52,53,54);1H3/b9-8+,12-11+;. The summed E-state index contributed by atoms with van der Waals surface area (Å²) >= 11 is 1.14. The molecule has 1 aliphatic rings. The molecule has 388 valence electrons. The van der Waals surface area contributed by atoms with Crippen LogP contribution < -0.4 is 22.5 Å². The number of phosphoric acid groups is 3. The number of aliphatic hydroxyl groups is 2. The molecule has 3 rings (SSSR count). The van der Waals surface area contributed by atoms with E-state index in [2.05, 4.69) is 65.6 Å². The van der Waals surface area contributed by atoms with E-state index in [-0.39, 0.29) is 47.8 Å². The number of carbonyl (C=O) groups excluding carboxylic acids is 3. The van der Waals surface area contributed by atoms with E-state index in [0.717, 1.165) is 80.4 Å². The van der Waals surface area contributed by atoms with Gasteiger partial charge in [0.15, 0.2) is 22.8 Å². The van der Waals surface area contributed by atoms with Crippen molar-refractivity contribution in [1.82, 2.24) is 36.3 Å². The SMILES string of the molecule is CCCCC/C=C/C/C=C/CCCCCCCC(=O)SCCNC(=O)CCNC(=O)C(O)C(C)(C)COP(=O)(O)OP(=O)(O)OCC1OC(n2cnc3c(N)ncnc32)C(O)C1OP(=O)(O)O.N. The van der Waals surface area contributed by atoms with Crippen LogP contribution in [0.25, 0.3) is 11.2 Å². The van der Waals surface area contributed by atoms with E-state index in [1.807, 2.05) is 0 Å². The predicted octanol–water partition coefficient (Wildman–Crippen LogP) is 4.64. The minimum Gasteiger partial charge on any atom is -0.386 e. The number of imidazole rings is 1. The number of amides is 2. The van der Waals surface area contributed by atoms with Crippen LogP contribution in [0.3, 0.4) is 0 Å². The van der Waals surface area contributed by atoms with Gasteiger partial charge in [0.25, 0.3) is 0 Å². The lowest BCUT2D eigenvalue weighted by atomic mass is 9.87. The second-order valence-electron chi connectivity index (χ2n) is 16.3. The van der Waals surface area contributed by atoms with Crippen LogP contribution in [0.15, 0.2) is 37.0 Å². The van der Waals surface area contributed by atoms with Crippen molar-refractivity contribution in [2.24, 2.45) is 5.41 Å². The molecule has 13 N–H and O–H groups in total. The second-order valence-corrected chi connectivity index (χ2v) is 21.7. The fourth-order valence-electron chi connectivity index (χ4n) is 6.45. The Kier molecular flexibility index (Phi) is 27.0. The quantitative estimate of drug-likeness (QED) is 0.0264. The van der Waals surface area contributed by atoms with Crippen LogP contribution >= 0.6 is 35.2 Å². The van der Waals surface area contributed by atoms with Crippen molar-refractivity contribution in [2.45, 2.75) is 135 Å². The molecule has 2 aromatic rings. The number of nitrogens with two attached hydrogens (primary N) is 1. The number of nitrogens with one attached hydrogen (secondary N) is 2. The normalized spacial score (nSPS) is 20.0. The molecule has 29 heteroatoms. The highest BCUT2D eigenvalue weighted by Crippen LogP contribution is 2.61. The molecule has 0 radical (unpaired) electrons. The third-order valence-electron chi connectivity index (χ3n) is 10.1. The van der Waals surface area contributed by atoms with Gasteiger partial charge in [-0.3, -0.25) is 32.5 Å². The highest BCUT2D eigenvalue weighted by atomic mass is 32.2. The Morgan fingerprint density at radius 3 is 2.24 bits per heavy atom. The van der Waals surface area contributed by atoms with E-state index in [9.17, 15) is 57.9 Å². The summed E-state index contributed by atoms with van der Waals surface area (Å²) in [6.07, 6.45) is 14.6. The summed E-state index contributed by atoms with van der Waals surface area (Å²) in [6, 6.07) is 0. The number of carbonyl (C=O) groups is 3. The fourth-order valence-corrected chi connectivity index (χ4v) is 10.00. The van der Waals surface area contributed by atoms with Crippen molar-refractivity contribution in [3.63, 3.8) is 0 Å². The lowest BCUT2D eigenvalue weighted by Crippen LogP contribution is -2.46. The number of allylic oxidation sites excluding steroid dienone is 4. The van der Waals surface area contributed by atoms with Gasteiger partial charge in [0.1, 0.15) is 36.3 Å². The van der Waals surface area contributed by atoms with Crippen LogP contribution in [0.2, 0.25) is 0 Å². The van der Waals surface area contributed by atoms with Crippen LogP contribution in [0.4, 0.5) is 5.82 Å². The number of unbranched alkanes of at least 4 members (excludes halogenated alkanes) is 8. The van der Waals surface area contributed by atoms with Crippen LogP contribution in [0.1, 0.15) is 110 Å². The van der Waals surface area contributed by atoms with Crippen molar-refractivity contribution < 1.29 is 80.5 Å². The van der Waals surface area contributed by atoms with Crippen molar-refractivity contribution in [1.29, 1.82) is 0 Å². The molecule has 7 atom stereocenters. The average molecular weight is 1050 g/mol. The molecule has 3 heterocycles. The Balaban J connectivity index is 0.0000159. The number of hydrogen-bond acceptors (Lipinski definition) is 19. The van der Waals surface area contributed by atoms with Crippen molar-refractivity contribution in [3.8, 4) is 0 Å². The zero-order valence-electron chi connectivity index (χ0n) is 38.6. The molecule has 0 spiro atoms. The number of aromatic nitrogens is 4. The van der Waals surface area contributed by atoms with Crippen molar-refractivity contribution in [3.05, 3.63) is 37.0 Å². The molecule has 0 saturated carbocycles. The van der Waals surface area contributed by atoms with Gasteiger partial charge in [-0.2, -0.15) is 4.31 Å². The molecule has 0 bridgehead atoms. The summed E-state index contributed by atoms with van der Waals surface area (Å²) in [7, 11) is -16.4. The zero-order chi connectivity index (χ0) is 49.7. The highest BCUT2D eigenvalue weighted by Gasteiger charge is 2.50. The maximum atomic E-state index is 12.7. The maximum Gasteiger partial charge on any atom is 0.481 e. The molecule has 1 aliphatic heterocycles. The van der Waals surface area contributed by atoms with E-state index in [1.165, 1.54) is 33.1 Å². The smallest absolute Gasteiger partial charge is 0.386 e. The van der Waals surface area contributed by atoms with Gasteiger partial charge in [0, 0.05) is 37.1 Å². The predicted molar refractivity (Wildman–Crippen MR) is 251 cm³/mol. The Morgan fingerprint density at radius 2 is 1.56 bits per heavy atom. The van der Waals surface area contributed by atoms with E-state index < -0.39 is 84.6 Å². The second kappa shape index (κ2) is 30.0. The van der Waals surface area contributed by atoms with E-state index in [4.69, 9.17) is 19.5 Å². The molecule has 68 heavy (non-hydrogen) atoms. The first-order valence-electron chi connectivity index (χ1n) is 21.9. The van der Waals surface area contributed by atoms with Gasteiger partial charge < -0.3 is 57.0 Å². The first-order chi connectivity index (χ1) is 31.6. The van der Waals surface area contributed by atoms with Gasteiger partial charge in [-0.1, -0.05) is 88.9 Å². The molecular weight excluding hydrogens is 977 g/mol. The molecule has 1 saturated heterocycles. The summed E-state index contributed by atoms with van der Waals surface area (Å²) in [5.74, 6) is -1.04. The number of thioether (sulfide) groups is 1. The Hall–Kier alpha value is -3.00. The van der Waals surface area contributed by atoms with Crippen LogP contribution in [-0.2, 0) is 50.7 Å². The molecule has 0 aliphatic carbocycles. The third kappa shape index (κ3) is 22.4. The largest absolute Gasteiger partial charge is 0.481 e. The minimum atomic E-state index is -5.58. The minimum absolute atomic E-state index is 0. The molecule has 2 amide bonds. The van der Waals surface area contributed by atoms with E-state index in [1.54, 1.807) is 0 Å². The fraction of sp³-hybridized carbons (Fsp3) is 0.692. The van der Waals surface area contributed by atoms with Crippen LogP contribution in [0, 0.1) is 5.41 Å². The Labute approximate surface area is 399 Å². The molecule has 7 unspecified atom stereocenters. The number of nitrogen functional groups attached to an aromatic ring is 1. The van der Waals surface area contributed by atoms with E-state index in [0.29, 0.717) is 12.2 Å². The summed E-state index contributed by atoms with van der Waals surface area (Å²) in [5.41, 5.74) is 4.28. The number of nitrogens with zero attached hydrogens (tertiary/aromatic N) is 4. The Morgan fingerprint density at radius 1 is 0.912 bits per heavy atom. The summed E-state index contributed by atoms with van der Waals surface area (Å²) in [6.45, 7) is 2.76. The average Bonchev–Trinajstić information content (AvgIpc) is 3.81. The Bertz CT molecular complexity index is 2090. The van der Waals surface area contributed by atoms with Crippen LogP contribution in [0.5, 0.6) is 0 Å². The summed E-state index contributed by atoms with van der Waals surface area (Å²) in [4.78, 5) is 88.3. The molecule has 2 aromatic heterocycles. The number of hydrogen-bond donors (Lipinski definition) is 10. The maximum absolute atomic E-state index is 12.7. The summed E-state index contributed by atoms with van der Waals surface area (Å²) < 4.78 is 62.4. The van der Waals surface area contributed by atoms with E-state index >= 15 is 0 Å². The number of fused-ring (bicyclic) bond motifs is 1. The lowest BCUT2D eigenvalue weighted by Gasteiger charge is -2.30. The van der Waals surface area contributed by atoms with Crippen molar-refractivity contribution in [2.75, 3.05) is 37.8 Å². The van der Waals surface area contributed by atoms with Gasteiger partial charge in [-0.05, 0) is 38.5 Å². The third-order valence-corrected chi connectivity index (χ3v) is 14.1. The monoisotopic (exact) mass is 1050 g/mol. The number of aliphatic hydroxyl groups excluding tert-OH is 2. The van der Waals surface area contributed by atoms with Gasteiger partial charge in [0.2, 0.25) is 11.8 Å². The molecular formula is C39H69N8O17P3S. The highest BCUT2D eigenvalue weighted by molar-refractivity contribution is 8.13. The molecule has 1 fully saturated rings. The van der Waals surface area contributed by atoms with Crippen LogP contribution in [-0.4, -0.2) is 123 Å².